The molecule has 0 spiro atoms. The van der Waals surface area contributed by atoms with Crippen molar-refractivity contribution in [3.8, 4) is 0 Å². The average Bonchev–Trinajstić information content (AvgIpc) is 3.43. The predicted molar refractivity (Wildman–Crippen MR) is 105 cm³/mol. The zero-order valence-electron chi connectivity index (χ0n) is 15.7. The van der Waals surface area contributed by atoms with Gasteiger partial charge in [-0.15, -0.1) is 0 Å². The number of hydrogen-bond donors (Lipinski definition) is 3. The van der Waals surface area contributed by atoms with Gasteiger partial charge in [0.2, 0.25) is 0 Å². The summed E-state index contributed by atoms with van der Waals surface area (Å²) in [6.07, 6.45) is 1.87. The highest BCUT2D eigenvalue weighted by atomic mass is 16.5. The van der Waals surface area contributed by atoms with Crippen molar-refractivity contribution >= 4 is 17.6 Å². The van der Waals surface area contributed by atoms with Crippen molar-refractivity contribution in [3.63, 3.8) is 0 Å². The number of amides is 3. The van der Waals surface area contributed by atoms with E-state index in [1.165, 1.54) is 5.56 Å². The Kier molecular flexibility index (Phi) is 5.76. The summed E-state index contributed by atoms with van der Waals surface area (Å²) in [6.45, 7) is 2.97. The molecule has 3 rings (SSSR count). The molecule has 3 N–H and O–H groups in total. The van der Waals surface area contributed by atoms with Crippen LogP contribution < -0.4 is 16.0 Å². The van der Waals surface area contributed by atoms with E-state index >= 15 is 0 Å². The molecule has 2 aromatic carbocycles. The van der Waals surface area contributed by atoms with E-state index in [0.29, 0.717) is 24.4 Å². The Morgan fingerprint density at radius 3 is 2.48 bits per heavy atom. The largest absolute Gasteiger partial charge is 0.383 e. The van der Waals surface area contributed by atoms with Gasteiger partial charge in [-0.2, -0.15) is 0 Å². The van der Waals surface area contributed by atoms with Gasteiger partial charge < -0.3 is 20.7 Å². The fraction of sp³-hybridized carbons (Fsp3) is 0.333. The average molecular weight is 367 g/mol. The van der Waals surface area contributed by atoms with Gasteiger partial charge in [0.05, 0.1) is 12.1 Å². The summed E-state index contributed by atoms with van der Waals surface area (Å²) in [5, 5.41) is 8.69. The quantitative estimate of drug-likeness (QED) is 0.658. The first-order chi connectivity index (χ1) is 13.0. The minimum Gasteiger partial charge on any atom is -0.383 e. The maximum Gasteiger partial charge on any atom is 0.319 e. The number of anilines is 1. The Morgan fingerprint density at radius 1 is 1.11 bits per heavy atom. The minimum absolute atomic E-state index is 0.167. The molecule has 1 saturated carbocycles. The molecular weight excluding hydrogens is 342 g/mol. The summed E-state index contributed by atoms with van der Waals surface area (Å²) in [5.41, 5.74) is 3.23. The van der Waals surface area contributed by atoms with Crippen molar-refractivity contribution in [2.45, 2.75) is 25.3 Å². The van der Waals surface area contributed by atoms with Crippen molar-refractivity contribution in [1.82, 2.24) is 10.6 Å². The maximum absolute atomic E-state index is 12.4. The maximum atomic E-state index is 12.4. The molecule has 1 aliphatic carbocycles. The zero-order valence-corrected chi connectivity index (χ0v) is 15.7. The summed E-state index contributed by atoms with van der Waals surface area (Å²) >= 11 is 0. The van der Waals surface area contributed by atoms with Crippen molar-refractivity contribution in [2.75, 3.05) is 25.6 Å². The Morgan fingerprint density at radius 2 is 1.85 bits per heavy atom. The molecule has 6 nitrogen and oxygen atoms in total. The van der Waals surface area contributed by atoms with Gasteiger partial charge in [-0.05, 0) is 49.6 Å². The Labute approximate surface area is 159 Å². The highest BCUT2D eigenvalue weighted by Crippen LogP contribution is 2.45. The number of nitrogens with one attached hydrogen (secondary N) is 3. The molecular formula is C21H25N3O3. The highest BCUT2D eigenvalue weighted by molar-refractivity contribution is 5.95. The number of rotatable bonds is 7. The number of benzene rings is 2. The summed E-state index contributed by atoms with van der Waals surface area (Å²) in [6, 6.07) is 14.8. The molecule has 0 radical (unpaired) electrons. The second-order valence-corrected chi connectivity index (χ2v) is 6.86. The molecule has 1 fully saturated rings. The summed E-state index contributed by atoms with van der Waals surface area (Å²) < 4.78 is 4.91. The van der Waals surface area contributed by atoms with Gasteiger partial charge in [-0.3, -0.25) is 4.79 Å². The molecule has 27 heavy (non-hydrogen) atoms. The van der Waals surface area contributed by atoms with Gasteiger partial charge >= 0.3 is 6.03 Å². The van der Waals surface area contributed by atoms with Gasteiger partial charge in [-0.1, -0.05) is 29.8 Å². The van der Waals surface area contributed by atoms with Crippen LogP contribution in [0.1, 0.15) is 34.3 Å². The SMILES string of the molecule is COCCNC(=O)c1ccc(NC(=O)NC2(c3cccc(C)c3)CC2)cc1. The zero-order chi connectivity index (χ0) is 19.3. The van der Waals surface area contributed by atoms with Crippen LogP contribution in [0.2, 0.25) is 0 Å². The molecule has 0 heterocycles. The topological polar surface area (TPSA) is 79.5 Å². The molecule has 1 aliphatic rings. The molecule has 6 heteroatoms. The minimum atomic E-state index is -0.267. The summed E-state index contributed by atoms with van der Waals surface area (Å²) in [4.78, 5) is 24.4. The van der Waals surface area contributed by atoms with Crippen molar-refractivity contribution in [2.24, 2.45) is 0 Å². The van der Waals surface area contributed by atoms with E-state index in [1.54, 1.807) is 31.4 Å². The van der Waals surface area contributed by atoms with E-state index in [-0.39, 0.29) is 17.5 Å². The van der Waals surface area contributed by atoms with E-state index in [9.17, 15) is 9.59 Å². The monoisotopic (exact) mass is 367 g/mol. The third-order valence-electron chi connectivity index (χ3n) is 4.67. The molecule has 0 bridgehead atoms. The van der Waals surface area contributed by atoms with Crippen LogP contribution in [0, 0.1) is 6.92 Å². The van der Waals surface area contributed by atoms with E-state index in [2.05, 4.69) is 28.1 Å². The smallest absolute Gasteiger partial charge is 0.319 e. The van der Waals surface area contributed by atoms with Gasteiger partial charge in [0.15, 0.2) is 0 Å². The van der Waals surface area contributed by atoms with Crippen LogP contribution in [0.3, 0.4) is 0 Å². The number of carbonyl (C=O) groups excluding carboxylic acids is 2. The second-order valence-electron chi connectivity index (χ2n) is 6.86. The second kappa shape index (κ2) is 8.22. The normalized spacial score (nSPS) is 14.3. The van der Waals surface area contributed by atoms with Crippen molar-refractivity contribution in [1.29, 1.82) is 0 Å². The van der Waals surface area contributed by atoms with Crippen LogP contribution in [0.25, 0.3) is 0 Å². The van der Waals surface area contributed by atoms with Crippen LogP contribution in [0.15, 0.2) is 48.5 Å². The first-order valence-corrected chi connectivity index (χ1v) is 9.06. The predicted octanol–water partition coefficient (Wildman–Crippen LogP) is 3.18. The van der Waals surface area contributed by atoms with E-state index in [0.717, 1.165) is 18.4 Å². The van der Waals surface area contributed by atoms with Crippen LogP contribution in [0.5, 0.6) is 0 Å². The fourth-order valence-electron chi connectivity index (χ4n) is 3.01. The molecule has 0 saturated heterocycles. The summed E-state index contributed by atoms with van der Waals surface area (Å²) in [7, 11) is 1.59. The lowest BCUT2D eigenvalue weighted by Crippen LogP contribution is -2.38. The standard InChI is InChI=1S/C21H25N3O3/c1-15-4-3-5-17(14-15)21(10-11-21)24-20(26)23-18-8-6-16(7-9-18)19(25)22-12-13-27-2/h3-9,14H,10-13H2,1-2H3,(H,22,25)(H2,23,24,26). The molecule has 0 aliphatic heterocycles. The van der Waals surface area contributed by atoms with Gasteiger partial charge in [0.1, 0.15) is 0 Å². The van der Waals surface area contributed by atoms with Crippen LogP contribution >= 0.6 is 0 Å². The number of carbonyl (C=O) groups is 2. The molecule has 0 unspecified atom stereocenters. The first-order valence-electron chi connectivity index (χ1n) is 9.06. The molecule has 0 aromatic heterocycles. The van der Waals surface area contributed by atoms with Crippen molar-refractivity contribution < 1.29 is 14.3 Å². The molecule has 2 aromatic rings. The first kappa shape index (κ1) is 18.9. The third kappa shape index (κ3) is 4.86. The number of ether oxygens (including phenoxy) is 1. The Hall–Kier alpha value is -2.86. The van der Waals surface area contributed by atoms with Crippen LogP contribution in [-0.2, 0) is 10.3 Å². The molecule has 142 valence electrons. The van der Waals surface area contributed by atoms with Gasteiger partial charge in [-0.25, -0.2) is 4.79 Å². The van der Waals surface area contributed by atoms with Crippen LogP contribution in [-0.4, -0.2) is 32.2 Å². The lowest BCUT2D eigenvalue weighted by molar-refractivity contribution is 0.0937. The molecule has 0 atom stereocenters. The lowest BCUT2D eigenvalue weighted by atomic mass is 10.0. The number of urea groups is 1. The lowest BCUT2D eigenvalue weighted by Gasteiger charge is -2.19. The molecule has 3 amide bonds. The number of hydrogen-bond acceptors (Lipinski definition) is 3. The Balaban J connectivity index is 1.56. The summed E-state index contributed by atoms with van der Waals surface area (Å²) in [5.74, 6) is -0.167. The van der Waals surface area contributed by atoms with E-state index in [4.69, 9.17) is 4.74 Å². The van der Waals surface area contributed by atoms with E-state index < -0.39 is 0 Å². The van der Waals surface area contributed by atoms with E-state index in [1.807, 2.05) is 19.1 Å². The van der Waals surface area contributed by atoms with Gasteiger partial charge in [0, 0.05) is 24.9 Å². The van der Waals surface area contributed by atoms with Crippen molar-refractivity contribution in [3.05, 3.63) is 65.2 Å². The number of methoxy groups -OCH3 is 1. The van der Waals surface area contributed by atoms with Gasteiger partial charge in [0.25, 0.3) is 5.91 Å². The Bertz CT molecular complexity index is 814. The third-order valence-corrected chi connectivity index (χ3v) is 4.67. The number of aryl methyl sites for hydroxylation is 1. The highest BCUT2D eigenvalue weighted by Gasteiger charge is 2.45. The fourth-order valence-corrected chi connectivity index (χ4v) is 3.01. The van der Waals surface area contributed by atoms with Crippen LogP contribution in [0.4, 0.5) is 10.5 Å².